The second-order valence-electron chi connectivity index (χ2n) is 12.1. The monoisotopic (exact) mass is 620 g/mol. The highest BCUT2D eigenvalue weighted by molar-refractivity contribution is 7.92. The first-order valence-corrected chi connectivity index (χ1v) is 16.7. The highest BCUT2D eigenvalue weighted by Gasteiger charge is 2.35. The summed E-state index contributed by atoms with van der Waals surface area (Å²) < 4.78 is 32.5. The Morgan fingerprint density at radius 3 is 2.48 bits per heavy atom. The lowest BCUT2D eigenvalue weighted by Crippen LogP contribution is -2.43. The number of fused-ring (bicyclic) bond motifs is 2. The zero-order chi connectivity index (χ0) is 31.2. The lowest BCUT2D eigenvalue weighted by molar-refractivity contribution is 0.0668. The number of para-hydroxylation sites is 1. The molecule has 0 saturated carbocycles. The molecule has 0 atom stereocenters. The predicted octanol–water partition coefficient (Wildman–Crippen LogP) is 4.41. The summed E-state index contributed by atoms with van der Waals surface area (Å²) in [4.78, 5) is 25.3. The fraction of sp³-hybridized carbons (Fsp3) is 0.452. The van der Waals surface area contributed by atoms with Crippen LogP contribution < -0.4 is 26.1 Å². The lowest BCUT2D eigenvalue weighted by atomic mass is 10.1. The van der Waals surface area contributed by atoms with Gasteiger partial charge in [-0.25, -0.2) is 13.4 Å². The Hall–Kier alpha value is -3.94. The van der Waals surface area contributed by atoms with Gasteiger partial charge in [0.1, 0.15) is 11.6 Å². The molecule has 0 spiro atoms. The van der Waals surface area contributed by atoms with Gasteiger partial charge in [-0.2, -0.15) is 9.97 Å². The molecule has 1 fully saturated rings. The number of aromatic nitrogens is 2. The van der Waals surface area contributed by atoms with Crippen LogP contribution in [0.25, 0.3) is 0 Å². The molecule has 4 heterocycles. The lowest BCUT2D eigenvalue weighted by Gasteiger charge is -2.31. The van der Waals surface area contributed by atoms with E-state index in [9.17, 15) is 13.2 Å². The Bertz CT molecular complexity index is 1690. The summed E-state index contributed by atoms with van der Waals surface area (Å²) in [5.41, 5.74) is 6.65. The van der Waals surface area contributed by atoms with Crippen LogP contribution in [0.5, 0.6) is 5.75 Å². The SMILES string of the molecule is CC(C)Oc1cc2c(cc1Nc1nc(Nc3ccccc3S(=O)(=O)C(C)C)c3c(n1)NN(C)C3)C(=O)N(C1CCNCC1)C2. The zero-order valence-electron chi connectivity index (χ0n) is 25.8. The second-order valence-corrected chi connectivity index (χ2v) is 14.6. The maximum Gasteiger partial charge on any atom is 0.254 e. The molecule has 13 heteroatoms. The average molecular weight is 621 g/mol. The van der Waals surface area contributed by atoms with Crippen molar-refractivity contribution in [2.24, 2.45) is 0 Å². The molecule has 234 valence electrons. The number of piperidine rings is 1. The Labute approximate surface area is 258 Å². The van der Waals surface area contributed by atoms with Crippen molar-refractivity contribution in [1.29, 1.82) is 0 Å². The molecule has 1 amide bonds. The molecule has 0 bridgehead atoms. The summed E-state index contributed by atoms with van der Waals surface area (Å²) in [5.74, 6) is 1.97. The van der Waals surface area contributed by atoms with Crippen LogP contribution >= 0.6 is 0 Å². The minimum atomic E-state index is -3.56. The summed E-state index contributed by atoms with van der Waals surface area (Å²) in [5, 5.41) is 11.3. The number of nitrogens with one attached hydrogen (secondary N) is 4. The van der Waals surface area contributed by atoms with Crippen molar-refractivity contribution in [2.45, 2.75) is 75.9 Å². The summed E-state index contributed by atoms with van der Waals surface area (Å²) in [6.45, 7) is 10.1. The molecule has 4 N–H and O–H groups in total. The van der Waals surface area contributed by atoms with Crippen molar-refractivity contribution in [1.82, 2.24) is 25.2 Å². The van der Waals surface area contributed by atoms with Gasteiger partial charge >= 0.3 is 0 Å². The van der Waals surface area contributed by atoms with Gasteiger partial charge in [-0.3, -0.25) is 4.79 Å². The highest BCUT2D eigenvalue weighted by atomic mass is 32.2. The predicted molar refractivity (Wildman–Crippen MR) is 170 cm³/mol. The number of carbonyl (C=O) groups is 1. The third-order valence-corrected chi connectivity index (χ3v) is 10.4. The molecule has 3 aliphatic rings. The third-order valence-electron chi connectivity index (χ3n) is 8.16. The maximum atomic E-state index is 13.6. The third kappa shape index (κ3) is 5.78. The van der Waals surface area contributed by atoms with Crippen molar-refractivity contribution in [2.75, 3.05) is 36.2 Å². The zero-order valence-corrected chi connectivity index (χ0v) is 26.6. The van der Waals surface area contributed by atoms with Crippen LogP contribution in [0.4, 0.5) is 29.0 Å². The Morgan fingerprint density at radius 2 is 1.75 bits per heavy atom. The number of amides is 1. The Kier molecular flexibility index (Phi) is 8.12. The first-order chi connectivity index (χ1) is 21.0. The molecule has 0 aliphatic carbocycles. The van der Waals surface area contributed by atoms with Crippen molar-refractivity contribution >= 4 is 44.7 Å². The number of nitrogens with zero attached hydrogens (tertiary/aromatic N) is 4. The van der Waals surface area contributed by atoms with E-state index >= 15 is 0 Å². The molecule has 2 aromatic carbocycles. The molecule has 44 heavy (non-hydrogen) atoms. The number of hydrazine groups is 1. The summed E-state index contributed by atoms with van der Waals surface area (Å²) in [6.07, 6.45) is 1.77. The quantitative estimate of drug-likeness (QED) is 0.270. The molecule has 3 aliphatic heterocycles. The van der Waals surface area contributed by atoms with E-state index in [0.717, 1.165) is 37.1 Å². The van der Waals surface area contributed by atoms with Gasteiger partial charge in [0.2, 0.25) is 5.95 Å². The van der Waals surface area contributed by atoms with Gasteiger partial charge in [0.15, 0.2) is 15.7 Å². The normalized spacial score (nSPS) is 17.2. The standard InChI is InChI=1S/C31H40N8O4S/c1-18(2)43-26-14-20-16-39(21-10-12-32-13-11-21)30(40)22(20)15-25(26)34-31-35-28(23-17-38(5)37-29(23)36-31)33-24-8-6-7-9-27(24)44(41,42)19(3)4/h6-9,14-15,18-19,21,32H,10-13,16-17H2,1-5H3,(H3,33,34,35,36,37). The molecule has 0 radical (unpaired) electrons. The fourth-order valence-electron chi connectivity index (χ4n) is 5.89. The van der Waals surface area contributed by atoms with E-state index in [2.05, 4.69) is 21.4 Å². The second kappa shape index (κ2) is 11.9. The van der Waals surface area contributed by atoms with Crippen molar-refractivity contribution in [3.8, 4) is 5.75 Å². The Balaban J connectivity index is 1.36. The van der Waals surface area contributed by atoms with Crippen LogP contribution in [0.15, 0.2) is 41.3 Å². The van der Waals surface area contributed by atoms with E-state index in [1.807, 2.05) is 42.9 Å². The number of hydrogen-bond donors (Lipinski definition) is 4. The van der Waals surface area contributed by atoms with E-state index < -0.39 is 15.1 Å². The largest absolute Gasteiger partial charge is 0.489 e. The van der Waals surface area contributed by atoms with Crippen LogP contribution in [0.3, 0.4) is 0 Å². The van der Waals surface area contributed by atoms with Gasteiger partial charge in [0, 0.05) is 25.2 Å². The van der Waals surface area contributed by atoms with Gasteiger partial charge in [-0.15, -0.1) is 0 Å². The topological polar surface area (TPSA) is 141 Å². The van der Waals surface area contributed by atoms with Crippen LogP contribution in [0.2, 0.25) is 0 Å². The summed E-state index contributed by atoms with van der Waals surface area (Å²) in [7, 11) is -1.66. The molecule has 1 saturated heterocycles. The number of ether oxygens (including phenoxy) is 1. The van der Waals surface area contributed by atoms with Gasteiger partial charge in [0.25, 0.3) is 5.91 Å². The summed E-state index contributed by atoms with van der Waals surface area (Å²) >= 11 is 0. The number of hydrogen-bond acceptors (Lipinski definition) is 11. The first kappa shape index (κ1) is 30.1. The molecule has 3 aromatic rings. The maximum absolute atomic E-state index is 13.6. The van der Waals surface area contributed by atoms with Crippen molar-refractivity contribution < 1.29 is 17.9 Å². The number of carbonyl (C=O) groups excluding carboxylic acids is 1. The average Bonchev–Trinajstić information content (AvgIpc) is 3.52. The van der Waals surface area contributed by atoms with E-state index in [4.69, 9.17) is 14.7 Å². The van der Waals surface area contributed by atoms with Crippen molar-refractivity contribution in [3.05, 3.63) is 53.1 Å². The van der Waals surface area contributed by atoms with Gasteiger partial charge in [-0.1, -0.05) is 12.1 Å². The van der Waals surface area contributed by atoms with Crippen LogP contribution in [-0.4, -0.2) is 71.7 Å². The van der Waals surface area contributed by atoms with E-state index in [1.165, 1.54) is 0 Å². The van der Waals surface area contributed by atoms with Crippen LogP contribution in [0, 0.1) is 0 Å². The van der Waals surface area contributed by atoms with Crippen molar-refractivity contribution in [3.63, 3.8) is 0 Å². The molecule has 6 rings (SSSR count). The van der Waals surface area contributed by atoms with E-state index in [0.29, 0.717) is 47.4 Å². The number of benzene rings is 2. The van der Waals surface area contributed by atoms with Crippen LogP contribution in [-0.2, 0) is 22.9 Å². The molecular weight excluding hydrogens is 580 g/mol. The summed E-state index contributed by atoms with van der Waals surface area (Å²) in [6, 6.07) is 10.8. The molecule has 12 nitrogen and oxygen atoms in total. The minimum absolute atomic E-state index is 0.0227. The van der Waals surface area contributed by atoms with Crippen LogP contribution in [0.1, 0.15) is 62.0 Å². The van der Waals surface area contributed by atoms with Gasteiger partial charge in [-0.05, 0) is 83.5 Å². The smallest absolute Gasteiger partial charge is 0.254 e. The van der Waals surface area contributed by atoms with E-state index in [1.54, 1.807) is 38.1 Å². The molecule has 0 unspecified atom stereocenters. The number of anilines is 5. The minimum Gasteiger partial charge on any atom is -0.489 e. The van der Waals surface area contributed by atoms with E-state index in [-0.39, 0.29) is 28.9 Å². The highest BCUT2D eigenvalue weighted by Crippen LogP contribution is 2.39. The first-order valence-electron chi connectivity index (χ1n) is 15.1. The van der Waals surface area contributed by atoms with Gasteiger partial charge < -0.3 is 31.0 Å². The van der Waals surface area contributed by atoms with Gasteiger partial charge in [0.05, 0.1) is 39.7 Å². The Morgan fingerprint density at radius 1 is 1.00 bits per heavy atom. The molecule has 1 aromatic heterocycles. The molecular formula is C31H40N8O4S. The fourth-order valence-corrected chi connectivity index (χ4v) is 7.09. The number of rotatable bonds is 9. The number of sulfone groups is 1.